The van der Waals surface area contributed by atoms with Gasteiger partial charge >= 0.3 is 23.9 Å². The predicted molar refractivity (Wildman–Crippen MR) is 78.3 cm³/mol. The van der Waals surface area contributed by atoms with Gasteiger partial charge in [-0.05, 0) is 0 Å². The summed E-state index contributed by atoms with van der Waals surface area (Å²) in [5, 5.41) is 0. The van der Waals surface area contributed by atoms with Crippen LogP contribution in [0.1, 0.15) is 27.7 Å². The molecular formula is C16H20O8. The van der Waals surface area contributed by atoms with Gasteiger partial charge in [0.15, 0.2) is 12.2 Å². The molecule has 0 aromatic rings. The van der Waals surface area contributed by atoms with Gasteiger partial charge in [0.1, 0.15) is 12.2 Å². The predicted octanol–water partition coefficient (Wildman–Crippen LogP) is 0.529. The average Bonchev–Trinajstić information content (AvgIpc) is 2.37. The van der Waals surface area contributed by atoms with Crippen molar-refractivity contribution in [3.05, 3.63) is 12.2 Å². The molecule has 132 valence electrons. The third-order valence-corrected chi connectivity index (χ3v) is 3.94. The van der Waals surface area contributed by atoms with Crippen LogP contribution in [0, 0.1) is 11.8 Å². The van der Waals surface area contributed by atoms with E-state index in [9.17, 15) is 19.2 Å². The second-order valence-corrected chi connectivity index (χ2v) is 5.84. The van der Waals surface area contributed by atoms with Crippen LogP contribution < -0.4 is 0 Å². The quantitative estimate of drug-likeness (QED) is 0.414. The molecule has 0 heterocycles. The number of hydrogen-bond donors (Lipinski definition) is 0. The highest BCUT2D eigenvalue weighted by molar-refractivity contribution is 5.69. The van der Waals surface area contributed by atoms with Crippen molar-refractivity contribution in [2.24, 2.45) is 11.8 Å². The molecule has 0 N–H and O–H groups in total. The first-order chi connectivity index (χ1) is 11.2. The second kappa shape index (κ2) is 7.02. The molecule has 8 heteroatoms. The van der Waals surface area contributed by atoms with Gasteiger partial charge in [-0.1, -0.05) is 12.2 Å². The smallest absolute Gasteiger partial charge is 0.303 e. The minimum atomic E-state index is -1.06. The molecule has 0 spiro atoms. The number of ether oxygens (including phenoxy) is 4. The monoisotopic (exact) mass is 340 g/mol. The van der Waals surface area contributed by atoms with Crippen molar-refractivity contribution in [2.45, 2.75) is 52.1 Å². The highest BCUT2D eigenvalue weighted by Crippen LogP contribution is 2.44. The Morgan fingerprint density at radius 1 is 0.542 bits per heavy atom. The van der Waals surface area contributed by atoms with Crippen LogP contribution >= 0.6 is 0 Å². The molecule has 2 rings (SSSR count). The lowest BCUT2D eigenvalue weighted by atomic mass is 9.66. The molecule has 0 aromatic heterocycles. The molecule has 24 heavy (non-hydrogen) atoms. The average molecular weight is 340 g/mol. The highest BCUT2D eigenvalue weighted by Gasteiger charge is 2.58. The van der Waals surface area contributed by atoms with Crippen LogP contribution in [0.25, 0.3) is 0 Å². The lowest BCUT2D eigenvalue weighted by molar-refractivity contribution is -0.225. The van der Waals surface area contributed by atoms with Crippen molar-refractivity contribution in [1.82, 2.24) is 0 Å². The van der Waals surface area contributed by atoms with E-state index in [0.29, 0.717) is 0 Å². The fraction of sp³-hybridized carbons (Fsp3) is 0.625. The number of carbonyl (C=O) groups is 4. The SMILES string of the molecule is CC(=O)O[C@@H]1[C@H](OC(C)=O)[C@H](OC(C)=O)[C@H]2C=C[C@H]2[C@@H]1OC(C)=O. The first-order valence-corrected chi connectivity index (χ1v) is 7.58. The molecule has 2 aliphatic carbocycles. The lowest BCUT2D eigenvalue weighted by Crippen LogP contribution is -2.64. The summed E-state index contributed by atoms with van der Waals surface area (Å²) < 4.78 is 21.1. The summed E-state index contributed by atoms with van der Waals surface area (Å²) in [6, 6.07) is 0. The van der Waals surface area contributed by atoms with Crippen LogP contribution in [-0.2, 0) is 38.1 Å². The summed E-state index contributed by atoms with van der Waals surface area (Å²) in [5.74, 6) is -2.95. The van der Waals surface area contributed by atoms with E-state index >= 15 is 0 Å². The molecule has 6 atom stereocenters. The summed E-state index contributed by atoms with van der Waals surface area (Å²) in [4.78, 5) is 45.8. The molecule has 1 saturated carbocycles. The Bertz CT molecular complexity index is 531. The number of fused-ring (bicyclic) bond motifs is 1. The zero-order valence-electron chi connectivity index (χ0n) is 13.9. The van der Waals surface area contributed by atoms with E-state index in [2.05, 4.69) is 0 Å². The largest absolute Gasteiger partial charge is 0.458 e. The maximum atomic E-state index is 11.5. The Kier molecular flexibility index (Phi) is 5.26. The summed E-state index contributed by atoms with van der Waals surface area (Å²) >= 11 is 0. The Balaban J connectivity index is 2.39. The Morgan fingerprint density at radius 3 is 1.00 bits per heavy atom. The van der Waals surface area contributed by atoms with Gasteiger partial charge in [-0.25, -0.2) is 0 Å². The van der Waals surface area contributed by atoms with E-state index in [1.807, 2.05) is 0 Å². The van der Waals surface area contributed by atoms with E-state index in [4.69, 9.17) is 18.9 Å². The van der Waals surface area contributed by atoms with Gasteiger partial charge in [0.2, 0.25) is 0 Å². The Labute approximate surface area is 139 Å². The van der Waals surface area contributed by atoms with Gasteiger partial charge in [0, 0.05) is 39.5 Å². The zero-order valence-corrected chi connectivity index (χ0v) is 13.9. The van der Waals surface area contributed by atoms with Crippen molar-refractivity contribution in [2.75, 3.05) is 0 Å². The molecule has 0 amide bonds. The minimum absolute atomic E-state index is 0.297. The number of hydrogen-bond acceptors (Lipinski definition) is 8. The van der Waals surface area contributed by atoms with Crippen molar-refractivity contribution in [3.63, 3.8) is 0 Å². The molecule has 0 aliphatic heterocycles. The molecule has 2 aliphatic rings. The zero-order chi connectivity index (χ0) is 18.0. The number of rotatable bonds is 4. The van der Waals surface area contributed by atoms with E-state index in [1.54, 1.807) is 12.2 Å². The summed E-state index contributed by atoms with van der Waals surface area (Å²) in [6.45, 7) is 4.86. The van der Waals surface area contributed by atoms with Crippen LogP contribution in [-0.4, -0.2) is 48.3 Å². The van der Waals surface area contributed by atoms with E-state index in [1.165, 1.54) is 27.7 Å². The second-order valence-electron chi connectivity index (χ2n) is 5.84. The van der Waals surface area contributed by atoms with Crippen molar-refractivity contribution < 1.29 is 38.1 Å². The standard InChI is InChI=1S/C16H20O8/c1-7(17)21-13-11-5-6-12(11)14(22-8(2)18)16(24-10(4)20)15(13)23-9(3)19/h5-6,11-16H,1-4H3/t11-,12+,13+,14-,15+,16-. The molecule has 8 nitrogen and oxygen atoms in total. The fourth-order valence-corrected chi connectivity index (χ4v) is 3.16. The van der Waals surface area contributed by atoms with Gasteiger partial charge in [0.05, 0.1) is 0 Å². The van der Waals surface area contributed by atoms with Crippen LogP contribution in [0.4, 0.5) is 0 Å². The van der Waals surface area contributed by atoms with Gasteiger partial charge in [-0.2, -0.15) is 0 Å². The number of carbonyl (C=O) groups excluding carboxylic acids is 4. The molecular weight excluding hydrogens is 320 g/mol. The maximum absolute atomic E-state index is 11.5. The summed E-state index contributed by atoms with van der Waals surface area (Å²) in [7, 11) is 0. The van der Waals surface area contributed by atoms with Gasteiger partial charge in [-0.15, -0.1) is 0 Å². The van der Waals surface area contributed by atoms with Crippen molar-refractivity contribution >= 4 is 23.9 Å². The molecule has 0 saturated heterocycles. The highest BCUT2D eigenvalue weighted by atomic mass is 16.6. The van der Waals surface area contributed by atoms with Crippen molar-refractivity contribution in [3.8, 4) is 0 Å². The van der Waals surface area contributed by atoms with E-state index < -0.39 is 48.3 Å². The van der Waals surface area contributed by atoms with Crippen molar-refractivity contribution in [1.29, 1.82) is 0 Å². The van der Waals surface area contributed by atoms with Gasteiger partial charge in [0.25, 0.3) is 0 Å². The normalized spacial score (nSPS) is 33.5. The molecule has 0 aromatic carbocycles. The maximum Gasteiger partial charge on any atom is 0.303 e. The Hall–Kier alpha value is -2.38. The first-order valence-electron chi connectivity index (χ1n) is 7.58. The Morgan fingerprint density at radius 2 is 0.792 bits per heavy atom. The fourth-order valence-electron chi connectivity index (χ4n) is 3.16. The lowest BCUT2D eigenvalue weighted by Gasteiger charge is -2.50. The topological polar surface area (TPSA) is 105 Å². The molecule has 1 fully saturated rings. The van der Waals surface area contributed by atoms with Crippen LogP contribution in [0.5, 0.6) is 0 Å². The van der Waals surface area contributed by atoms with Crippen LogP contribution in [0.2, 0.25) is 0 Å². The van der Waals surface area contributed by atoms with E-state index in [-0.39, 0.29) is 11.8 Å². The molecule has 0 radical (unpaired) electrons. The summed E-state index contributed by atoms with van der Waals surface area (Å²) in [6.07, 6.45) is -0.198. The third-order valence-electron chi connectivity index (χ3n) is 3.94. The molecule has 0 bridgehead atoms. The van der Waals surface area contributed by atoms with Gasteiger partial charge in [-0.3, -0.25) is 19.2 Å². The first kappa shape index (κ1) is 18.0. The summed E-state index contributed by atoms with van der Waals surface area (Å²) in [5.41, 5.74) is 0. The van der Waals surface area contributed by atoms with Crippen LogP contribution in [0.3, 0.4) is 0 Å². The van der Waals surface area contributed by atoms with Gasteiger partial charge < -0.3 is 18.9 Å². The number of esters is 4. The van der Waals surface area contributed by atoms with E-state index in [0.717, 1.165) is 0 Å². The third kappa shape index (κ3) is 3.74. The molecule has 0 unspecified atom stereocenters. The van der Waals surface area contributed by atoms with Crippen LogP contribution in [0.15, 0.2) is 12.2 Å². The minimum Gasteiger partial charge on any atom is -0.458 e.